The Morgan fingerprint density at radius 2 is 1.90 bits per heavy atom. The molecule has 0 atom stereocenters. The van der Waals surface area contributed by atoms with Crippen molar-refractivity contribution in [2.45, 2.75) is 25.8 Å². The van der Waals surface area contributed by atoms with Gasteiger partial charge in [-0.3, -0.25) is 4.90 Å². The fourth-order valence-electron chi connectivity index (χ4n) is 2.70. The zero-order valence-electron chi connectivity index (χ0n) is 11.8. The van der Waals surface area contributed by atoms with Crippen LogP contribution in [0.1, 0.15) is 24.2 Å². The average molecular weight is 267 g/mol. The third-order valence-electron chi connectivity index (χ3n) is 3.91. The summed E-state index contributed by atoms with van der Waals surface area (Å²) < 4.78 is 5.39. The van der Waals surface area contributed by atoms with Crippen LogP contribution in [0.2, 0.25) is 0 Å². The van der Waals surface area contributed by atoms with Crippen molar-refractivity contribution in [3.8, 4) is 0 Å². The van der Waals surface area contributed by atoms with Gasteiger partial charge in [0.2, 0.25) is 0 Å². The maximum Gasteiger partial charge on any atom is 0.104 e. The second kappa shape index (κ2) is 6.58. The summed E-state index contributed by atoms with van der Waals surface area (Å²) >= 11 is 0. The van der Waals surface area contributed by atoms with Crippen LogP contribution >= 0.6 is 0 Å². The van der Waals surface area contributed by atoms with Crippen LogP contribution in [-0.2, 0) is 13.0 Å². The van der Waals surface area contributed by atoms with Crippen LogP contribution in [0.15, 0.2) is 64.8 Å². The van der Waals surface area contributed by atoms with Crippen LogP contribution in [0.5, 0.6) is 0 Å². The number of rotatable bonds is 5. The van der Waals surface area contributed by atoms with Gasteiger partial charge in [0.25, 0.3) is 0 Å². The molecule has 0 N–H and O–H groups in total. The molecule has 3 rings (SSSR count). The van der Waals surface area contributed by atoms with Crippen LogP contribution in [-0.4, -0.2) is 18.0 Å². The quantitative estimate of drug-likeness (QED) is 0.760. The van der Waals surface area contributed by atoms with Crippen molar-refractivity contribution < 1.29 is 4.42 Å². The zero-order chi connectivity index (χ0) is 13.6. The Labute approximate surface area is 120 Å². The molecular weight excluding hydrogens is 246 g/mol. The lowest BCUT2D eigenvalue weighted by atomic mass is 10.0. The van der Waals surface area contributed by atoms with Gasteiger partial charge in [-0.1, -0.05) is 42.0 Å². The Hall–Kier alpha value is -1.80. The van der Waals surface area contributed by atoms with Crippen molar-refractivity contribution in [1.29, 1.82) is 0 Å². The van der Waals surface area contributed by atoms with Gasteiger partial charge in [0, 0.05) is 26.1 Å². The Morgan fingerprint density at radius 3 is 2.60 bits per heavy atom. The molecular formula is C18H21NO. The minimum Gasteiger partial charge on any atom is -0.469 e. The molecule has 0 aliphatic carbocycles. The molecule has 0 amide bonds. The first-order valence-corrected chi connectivity index (χ1v) is 7.37. The third-order valence-corrected chi connectivity index (χ3v) is 3.91. The Bertz CT molecular complexity index is 542. The normalized spacial score (nSPS) is 16.1. The molecule has 1 aromatic carbocycles. The van der Waals surface area contributed by atoms with Crippen molar-refractivity contribution in [3.05, 3.63) is 71.7 Å². The van der Waals surface area contributed by atoms with Crippen molar-refractivity contribution in [3.63, 3.8) is 0 Å². The summed E-state index contributed by atoms with van der Waals surface area (Å²) in [5.41, 5.74) is 2.98. The van der Waals surface area contributed by atoms with Gasteiger partial charge in [0.05, 0.1) is 6.26 Å². The smallest absolute Gasteiger partial charge is 0.104 e. The number of hydrogen-bond acceptors (Lipinski definition) is 2. The fourth-order valence-corrected chi connectivity index (χ4v) is 2.70. The standard InChI is InChI=1S/C18H21NO/c1-2-5-17(6-3-1)15-19-12-10-16(11-13-19)8-9-18-7-4-14-20-18/h1-7,10,14H,8-9,11-13,15H2. The number of nitrogens with zero attached hydrogens (tertiary/aromatic N) is 1. The monoisotopic (exact) mass is 267 g/mol. The maximum atomic E-state index is 5.39. The minimum absolute atomic E-state index is 1.03. The van der Waals surface area contributed by atoms with E-state index in [-0.39, 0.29) is 0 Å². The van der Waals surface area contributed by atoms with Crippen LogP contribution < -0.4 is 0 Å². The van der Waals surface area contributed by atoms with E-state index in [1.807, 2.05) is 6.07 Å². The number of benzene rings is 1. The van der Waals surface area contributed by atoms with Crippen molar-refractivity contribution in [1.82, 2.24) is 4.90 Å². The molecule has 0 unspecified atom stereocenters. The highest BCUT2D eigenvalue weighted by molar-refractivity contribution is 5.16. The van der Waals surface area contributed by atoms with Crippen LogP contribution in [0, 0.1) is 0 Å². The first-order chi connectivity index (χ1) is 9.90. The molecule has 2 nitrogen and oxygen atoms in total. The van der Waals surface area contributed by atoms with Crippen molar-refractivity contribution >= 4 is 0 Å². The van der Waals surface area contributed by atoms with E-state index in [2.05, 4.69) is 47.4 Å². The van der Waals surface area contributed by atoms with E-state index < -0.39 is 0 Å². The minimum atomic E-state index is 1.03. The van der Waals surface area contributed by atoms with E-state index in [0.29, 0.717) is 0 Å². The molecule has 0 radical (unpaired) electrons. The maximum absolute atomic E-state index is 5.39. The molecule has 0 saturated heterocycles. The second-order valence-electron chi connectivity index (χ2n) is 5.41. The lowest BCUT2D eigenvalue weighted by Gasteiger charge is -2.26. The SMILES string of the molecule is C1=C(CCc2ccco2)CCN(Cc2ccccc2)C1. The zero-order valence-corrected chi connectivity index (χ0v) is 11.8. The average Bonchev–Trinajstić information content (AvgIpc) is 3.01. The molecule has 1 aromatic heterocycles. The first-order valence-electron chi connectivity index (χ1n) is 7.37. The molecule has 2 heteroatoms. The van der Waals surface area contributed by atoms with Crippen molar-refractivity contribution in [2.24, 2.45) is 0 Å². The molecule has 0 fully saturated rings. The summed E-state index contributed by atoms with van der Waals surface area (Å²) in [7, 11) is 0. The third kappa shape index (κ3) is 3.61. The highest BCUT2D eigenvalue weighted by atomic mass is 16.3. The van der Waals surface area contributed by atoms with E-state index >= 15 is 0 Å². The Morgan fingerprint density at radius 1 is 1.00 bits per heavy atom. The molecule has 1 aliphatic heterocycles. The molecule has 0 spiro atoms. The lowest BCUT2D eigenvalue weighted by molar-refractivity contribution is 0.284. The summed E-state index contributed by atoms with van der Waals surface area (Å²) in [6, 6.07) is 14.7. The van der Waals surface area contributed by atoms with E-state index in [9.17, 15) is 0 Å². The molecule has 1 aliphatic rings. The molecule has 2 aromatic rings. The molecule has 20 heavy (non-hydrogen) atoms. The van der Waals surface area contributed by atoms with Gasteiger partial charge < -0.3 is 4.42 Å². The molecule has 2 heterocycles. The van der Waals surface area contributed by atoms with Gasteiger partial charge in [-0.05, 0) is 30.5 Å². The predicted molar refractivity (Wildman–Crippen MR) is 81.4 cm³/mol. The van der Waals surface area contributed by atoms with E-state index in [1.54, 1.807) is 11.8 Å². The van der Waals surface area contributed by atoms with Crippen LogP contribution in [0.4, 0.5) is 0 Å². The summed E-state index contributed by atoms with van der Waals surface area (Å²) in [6.07, 6.45) is 7.50. The summed E-state index contributed by atoms with van der Waals surface area (Å²) in [6.45, 7) is 3.30. The van der Waals surface area contributed by atoms with Gasteiger partial charge in [0.1, 0.15) is 5.76 Å². The number of aryl methyl sites for hydroxylation is 1. The van der Waals surface area contributed by atoms with E-state index in [1.165, 1.54) is 18.5 Å². The number of hydrogen-bond donors (Lipinski definition) is 0. The largest absolute Gasteiger partial charge is 0.469 e. The second-order valence-corrected chi connectivity index (χ2v) is 5.41. The molecule has 0 bridgehead atoms. The Kier molecular flexibility index (Phi) is 4.34. The fraction of sp³-hybridized carbons (Fsp3) is 0.333. The van der Waals surface area contributed by atoms with E-state index in [4.69, 9.17) is 4.42 Å². The summed E-state index contributed by atoms with van der Waals surface area (Å²) in [4.78, 5) is 2.51. The highest BCUT2D eigenvalue weighted by Gasteiger charge is 2.12. The van der Waals surface area contributed by atoms with Gasteiger partial charge >= 0.3 is 0 Å². The summed E-state index contributed by atoms with van der Waals surface area (Å²) in [5.74, 6) is 1.10. The first kappa shape index (κ1) is 13.2. The van der Waals surface area contributed by atoms with Gasteiger partial charge in [0.15, 0.2) is 0 Å². The number of furan rings is 1. The van der Waals surface area contributed by atoms with Gasteiger partial charge in [-0.2, -0.15) is 0 Å². The van der Waals surface area contributed by atoms with Crippen LogP contribution in [0.25, 0.3) is 0 Å². The molecule has 0 saturated carbocycles. The summed E-state index contributed by atoms with van der Waals surface area (Å²) in [5, 5.41) is 0. The topological polar surface area (TPSA) is 16.4 Å². The van der Waals surface area contributed by atoms with Gasteiger partial charge in [-0.15, -0.1) is 0 Å². The highest BCUT2D eigenvalue weighted by Crippen LogP contribution is 2.18. The molecule has 104 valence electrons. The van der Waals surface area contributed by atoms with E-state index in [0.717, 1.165) is 31.7 Å². The lowest BCUT2D eigenvalue weighted by Crippen LogP contribution is -2.28. The van der Waals surface area contributed by atoms with Crippen molar-refractivity contribution in [2.75, 3.05) is 13.1 Å². The predicted octanol–water partition coefficient (Wildman–Crippen LogP) is 4.04. The van der Waals surface area contributed by atoms with Crippen LogP contribution in [0.3, 0.4) is 0 Å². The van der Waals surface area contributed by atoms with Gasteiger partial charge in [-0.25, -0.2) is 0 Å². The Balaban J connectivity index is 1.48.